The number of hydrogen-bond donors (Lipinski definition) is 2. The van der Waals surface area contributed by atoms with Crippen molar-refractivity contribution in [3.63, 3.8) is 0 Å². The predicted molar refractivity (Wildman–Crippen MR) is 122 cm³/mol. The Morgan fingerprint density at radius 3 is 2.64 bits per heavy atom. The third kappa shape index (κ3) is 5.64. The number of primary amides is 1. The molecule has 0 radical (unpaired) electrons. The van der Waals surface area contributed by atoms with Crippen LogP contribution in [0.15, 0.2) is 71.6 Å². The van der Waals surface area contributed by atoms with Gasteiger partial charge >= 0.3 is 5.97 Å². The highest BCUT2D eigenvalue weighted by molar-refractivity contribution is 8.00. The van der Waals surface area contributed by atoms with Crippen LogP contribution >= 0.6 is 11.8 Å². The van der Waals surface area contributed by atoms with Crippen LogP contribution in [0.3, 0.4) is 0 Å². The second-order valence-corrected chi connectivity index (χ2v) is 8.06. The number of ether oxygens (including phenoxy) is 3. The van der Waals surface area contributed by atoms with Gasteiger partial charge in [0.05, 0.1) is 11.3 Å². The molecule has 0 bridgehead atoms. The molecular weight excluding hydrogens is 444 g/mol. The summed E-state index contributed by atoms with van der Waals surface area (Å²) in [7, 11) is 0. The lowest BCUT2D eigenvalue weighted by molar-refractivity contribution is -0.113. The minimum absolute atomic E-state index is 0.0104. The maximum absolute atomic E-state index is 12.6. The number of fused-ring (bicyclic) bond motifs is 1. The highest BCUT2D eigenvalue weighted by Gasteiger charge is 2.16. The Bertz CT molecular complexity index is 1210. The summed E-state index contributed by atoms with van der Waals surface area (Å²) in [5, 5.41) is 2.80. The van der Waals surface area contributed by atoms with Gasteiger partial charge in [-0.15, -0.1) is 11.8 Å². The molecule has 0 aliphatic carbocycles. The molecule has 0 saturated carbocycles. The molecule has 3 aromatic rings. The number of hydrogen-bond acceptors (Lipinski definition) is 7. The number of esters is 1. The Balaban J connectivity index is 1.35. The van der Waals surface area contributed by atoms with Crippen LogP contribution in [0.1, 0.15) is 26.3 Å². The Kier molecular flexibility index (Phi) is 6.80. The Morgan fingerprint density at radius 1 is 0.970 bits per heavy atom. The molecule has 3 aromatic carbocycles. The largest absolute Gasteiger partial charge is 0.457 e. The minimum Gasteiger partial charge on any atom is -0.457 e. The van der Waals surface area contributed by atoms with Crippen molar-refractivity contribution < 1.29 is 28.6 Å². The van der Waals surface area contributed by atoms with Gasteiger partial charge in [0.15, 0.2) is 11.5 Å². The van der Waals surface area contributed by atoms with Gasteiger partial charge in [-0.1, -0.05) is 24.3 Å². The lowest BCUT2D eigenvalue weighted by atomic mass is 10.1. The smallest absolute Gasteiger partial charge is 0.339 e. The summed E-state index contributed by atoms with van der Waals surface area (Å²) in [5.74, 6) is -0.00145. The molecule has 0 atom stereocenters. The van der Waals surface area contributed by atoms with Crippen molar-refractivity contribution in [2.24, 2.45) is 5.73 Å². The molecule has 8 nitrogen and oxygen atoms in total. The summed E-state index contributed by atoms with van der Waals surface area (Å²) >= 11 is 1.23. The second-order valence-electron chi connectivity index (χ2n) is 7.04. The van der Waals surface area contributed by atoms with Crippen LogP contribution in [0.5, 0.6) is 11.5 Å². The lowest BCUT2D eigenvalue weighted by Crippen LogP contribution is -2.14. The number of carbonyl (C=O) groups excluding carboxylic acids is 3. The lowest BCUT2D eigenvalue weighted by Gasteiger charge is -2.10. The first kappa shape index (κ1) is 22.2. The van der Waals surface area contributed by atoms with E-state index >= 15 is 0 Å². The van der Waals surface area contributed by atoms with Crippen molar-refractivity contribution in [2.75, 3.05) is 17.9 Å². The number of rotatable bonds is 8. The number of nitrogens with one attached hydrogen (secondary N) is 1. The Hall–Kier alpha value is -3.98. The molecule has 9 heteroatoms. The molecule has 2 amide bonds. The summed E-state index contributed by atoms with van der Waals surface area (Å²) in [6.07, 6.45) is 0. The molecule has 33 heavy (non-hydrogen) atoms. The van der Waals surface area contributed by atoms with Crippen molar-refractivity contribution in [2.45, 2.75) is 11.5 Å². The van der Waals surface area contributed by atoms with Crippen molar-refractivity contribution in [1.29, 1.82) is 0 Å². The number of amides is 2. The number of anilines is 1. The van der Waals surface area contributed by atoms with Crippen molar-refractivity contribution in [3.8, 4) is 11.5 Å². The van der Waals surface area contributed by atoms with E-state index in [9.17, 15) is 14.4 Å². The van der Waals surface area contributed by atoms with Gasteiger partial charge in [0.2, 0.25) is 18.6 Å². The first-order chi connectivity index (χ1) is 16.0. The predicted octanol–water partition coefficient (Wildman–Crippen LogP) is 3.60. The molecule has 3 N–H and O–H groups in total. The third-order valence-electron chi connectivity index (χ3n) is 4.70. The molecule has 0 unspecified atom stereocenters. The zero-order chi connectivity index (χ0) is 23.2. The normalized spacial score (nSPS) is 11.6. The van der Waals surface area contributed by atoms with Gasteiger partial charge in [0.1, 0.15) is 6.61 Å². The SMILES string of the molecule is NC(=O)c1cccc(COC(=O)c2ccccc2SCC(=O)Nc2ccc3c(c2)OCO3)c1. The Morgan fingerprint density at radius 2 is 1.79 bits per heavy atom. The van der Waals surface area contributed by atoms with E-state index < -0.39 is 11.9 Å². The van der Waals surface area contributed by atoms with Crippen LogP contribution in [0.2, 0.25) is 0 Å². The zero-order valence-corrected chi connectivity index (χ0v) is 18.2. The van der Waals surface area contributed by atoms with E-state index in [1.54, 1.807) is 66.7 Å². The molecule has 0 aromatic heterocycles. The second kappa shape index (κ2) is 10.1. The number of benzene rings is 3. The average Bonchev–Trinajstić information content (AvgIpc) is 3.29. The van der Waals surface area contributed by atoms with Gasteiger partial charge in [0, 0.05) is 22.2 Å². The van der Waals surface area contributed by atoms with Crippen LogP contribution in [-0.4, -0.2) is 30.3 Å². The highest BCUT2D eigenvalue weighted by atomic mass is 32.2. The summed E-state index contributed by atoms with van der Waals surface area (Å²) in [6.45, 7) is 0.148. The average molecular weight is 464 g/mol. The minimum atomic E-state index is -0.552. The monoisotopic (exact) mass is 464 g/mol. The van der Waals surface area contributed by atoms with Crippen LogP contribution in [0.4, 0.5) is 5.69 Å². The molecule has 0 fully saturated rings. The molecule has 1 aliphatic heterocycles. The van der Waals surface area contributed by atoms with Gasteiger partial charge in [-0.2, -0.15) is 0 Å². The molecule has 4 rings (SSSR count). The van der Waals surface area contributed by atoms with Crippen LogP contribution in [-0.2, 0) is 16.1 Å². The fraction of sp³-hybridized carbons (Fsp3) is 0.125. The number of nitrogens with two attached hydrogens (primary N) is 1. The molecule has 1 heterocycles. The zero-order valence-electron chi connectivity index (χ0n) is 17.4. The fourth-order valence-electron chi connectivity index (χ4n) is 3.12. The molecule has 0 spiro atoms. The van der Waals surface area contributed by atoms with E-state index in [4.69, 9.17) is 19.9 Å². The van der Waals surface area contributed by atoms with E-state index in [-0.39, 0.29) is 25.1 Å². The maximum Gasteiger partial charge on any atom is 0.339 e. The maximum atomic E-state index is 12.6. The third-order valence-corrected chi connectivity index (χ3v) is 5.78. The fourth-order valence-corrected chi connectivity index (χ4v) is 3.96. The van der Waals surface area contributed by atoms with Gasteiger partial charge < -0.3 is 25.3 Å². The number of carbonyl (C=O) groups is 3. The summed E-state index contributed by atoms with van der Waals surface area (Å²) in [5.41, 5.74) is 7.22. The van der Waals surface area contributed by atoms with Crippen molar-refractivity contribution in [3.05, 3.63) is 83.4 Å². The van der Waals surface area contributed by atoms with E-state index in [0.29, 0.717) is 38.8 Å². The van der Waals surface area contributed by atoms with Gasteiger partial charge in [-0.05, 0) is 42.0 Å². The highest BCUT2D eigenvalue weighted by Crippen LogP contribution is 2.34. The topological polar surface area (TPSA) is 117 Å². The van der Waals surface area contributed by atoms with E-state index in [1.165, 1.54) is 11.8 Å². The first-order valence-electron chi connectivity index (χ1n) is 9.97. The molecular formula is C24H20N2O6S. The summed E-state index contributed by atoms with van der Waals surface area (Å²) < 4.78 is 16.0. The quantitative estimate of drug-likeness (QED) is 0.386. The van der Waals surface area contributed by atoms with Crippen molar-refractivity contribution >= 4 is 35.2 Å². The number of thioether (sulfide) groups is 1. The molecule has 168 valence electrons. The van der Waals surface area contributed by atoms with Gasteiger partial charge in [0.25, 0.3) is 0 Å². The van der Waals surface area contributed by atoms with Crippen LogP contribution < -0.4 is 20.5 Å². The first-order valence-corrected chi connectivity index (χ1v) is 11.0. The molecule has 1 aliphatic rings. The van der Waals surface area contributed by atoms with Crippen molar-refractivity contribution in [1.82, 2.24) is 0 Å². The van der Waals surface area contributed by atoms with Crippen LogP contribution in [0.25, 0.3) is 0 Å². The van der Waals surface area contributed by atoms with Gasteiger partial charge in [-0.3, -0.25) is 9.59 Å². The Labute approximate surface area is 194 Å². The van der Waals surface area contributed by atoms with E-state index in [1.807, 2.05) is 0 Å². The summed E-state index contributed by atoms with van der Waals surface area (Å²) in [4.78, 5) is 37.0. The standard InChI is InChI=1S/C24H20N2O6S/c25-23(28)16-5-3-4-15(10-16)12-30-24(29)18-6-1-2-7-21(18)33-13-22(27)26-17-8-9-19-20(11-17)32-14-31-19/h1-11H,12-14H2,(H2,25,28)(H,26,27). The van der Waals surface area contributed by atoms with E-state index in [0.717, 1.165) is 0 Å². The molecule has 0 saturated heterocycles. The van der Waals surface area contributed by atoms with E-state index in [2.05, 4.69) is 5.32 Å². The van der Waals surface area contributed by atoms with Gasteiger partial charge in [-0.25, -0.2) is 4.79 Å². The summed E-state index contributed by atoms with van der Waals surface area (Å²) in [6, 6.07) is 18.6. The van der Waals surface area contributed by atoms with Crippen LogP contribution in [0, 0.1) is 0 Å².